The number of thioether (sulfide) groups is 3. The number of phenolic OH excluding ortho intramolecular Hbond substituents is 1. The molecule has 1 aromatic carbocycles. The number of fused-ring (bicyclic) bond motifs is 4. The van der Waals surface area contributed by atoms with Gasteiger partial charge in [-0.2, -0.15) is 4.57 Å². The fraction of sp³-hybridized carbons (Fsp3) is 0.357. The third-order valence-corrected chi connectivity index (χ3v) is 20.0. The second-order valence-electron chi connectivity index (χ2n) is 20.2. The first-order valence-corrected chi connectivity index (χ1v) is 32.4. The number of allylic oxidation sites excluding steroid dienone is 2. The molecule has 6 amide bonds. The number of aryl methyl sites for hydroxylation is 1. The number of pyridine rings is 1. The number of amides is 6. The number of nitrogens with zero attached hydrogens (tertiary/aromatic N) is 7. The predicted octanol–water partition coefficient (Wildman–Crippen LogP) is -2.50. The minimum absolute atomic E-state index is 0. The van der Waals surface area contributed by atoms with Crippen LogP contribution in [0.1, 0.15) is 47.6 Å². The first-order valence-electron chi connectivity index (χ1n) is 27.5. The third kappa shape index (κ3) is 15.9. The van der Waals surface area contributed by atoms with Crippen LogP contribution < -0.4 is 72.5 Å². The van der Waals surface area contributed by atoms with E-state index >= 15 is 0 Å². The zero-order valence-corrected chi connectivity index (χ0v) is 57.3. The molecule has 0 saturated carbocycles. The summed E-state index contributed by atoms with van der Waals surface area (Å²) in [6.07, 6.45) is 8.39. The largest absolute Gasteiger partial charge is 1.00 e. The topological polar surface area (TPSA) is 496 Å². The second kappa shape index (κ2) is 33.4. The van der Waals surface area contributed by atoms with E-state index in [9.17, 15) is 63.6 Å². The molecule has 1 aliphatic carbocycles. The Bertz CT molecular complexity index is 3850. The van der Waals surface area contributed by atoms with Gasteiger partial charge in [0.1, 0.15) is 83.0 Å². The van der Waals surface area contributed by atoms with Crippen molar-refractivity contribution >= 4 is 128 Å². The first-order chi connectivity index (χ1) is 44.1. The number of oxime groups is 2. The number of benzene rings is 1. The number of anilines is 1. The first kappa shape index (κ1) is 75.1. The number of β-lactam (4-membered cyclic amide) rings is 3. The Morgan fingerprint density at radius 3 is 1.83 bits per heavy atom. The quantitative estimate of drug-likeness (QED) is 0.0152. The van der Waals surface area contributed by atoms with Crippen LogP contribution in [-0.2, 0) is 82.1 Å². The van der Waals surface area contributed by atoms with Gasteiger partial charge in [-0.1, -0.05) is 34.6 Å². The van der Waals surface area contributed by atoms with E-state index in [4.69, 9.17) is 36.4 Å². The second-order valence-corrected chi connectivity index (χ2v) is 25.3. The fourth-order valence-electron chi connectivity index (χ4n) is 10.6. The van der Waals surface area contributed by atoms with Gasteiger partial charge in [0.2, 0.25) is 5.91 Å². The number of hydrogen-bond acceptors (Lipinski definition) is 25. The van der Waals surface area contributed by atoms with Gasteiger partial charge in [0.25, 0.3) is 29.5 Å². The van der Waals surface area contributed by atoms with E-state index in [0.29, 0.717) is 51.8 Å². The van der Waals surface area contributed by atoms with Crippen LogP contribution in [0.15, 0.2) is 110 Å². The van der Waals surface area contributed by atoms with Gasteiger partial charge < -0.3 is 73.4 Å². The van der Waals surface area contributed by atoms with Crippen molar-refractivity contribution in [1.82, 2.24) is 46.8 Å². The Morgan fingerprint density at radius 2 is 1.31 bits per heavy atom. The van der Waals surface area contributed by atoms with E-state index in [1.165, 1.54) is 107 Å². The SMILES string of the molecule is C/C=C/C1=C(C(=O)O)N2C(=O)[C@@H](NC(=O)[C@H](N)c3ccc(O)cc3)[C@H]2SC1.CO/N=C(\C(=O)N[C@@H]1C(=O)N2C(C(=O)O)=C(C[n+]3cccc4c3CCC4)CS[C@H]12)c1csc(=N)[nH]1.COCC1=C(C(=O)O)N2C(=O)[C@@H](NC(=O)/C(=N\OC)c3csc(N)n3)[C@H]2SC1.C[O].N.[Na+]. The summed E-state index contributed by atoms with van der Waals surface area (Å²) in [5.41, 5.74) is 16.4. The molecule has 6 aliphatic heterocycles. The van der Waals surface area contributed by atoms with Gasteiger partial charge in [0.05, 0.1) is 19.4 Å². The Balaban J connectivity index is 0.000000221. The number of carboxylic acids is 3. The van der Waals surface area contributed by atoms with Gasteiger partial charge in [-0.05, 0) is 54.7 Å². The Hall–Kier alpha value is -7.95. The fourth-order valence-corrected chi connectivity index (χ4v) is 15.7. The van der Waals surface area contributed by atoms with Gasteiger partial charge in [-0.3, -0.25) is 48.9 Å². The Morgan fingerprint density at radius 1 is 0.777 bits per heavy atom. The number of H-pyrrole nitrogens is 1. The molecule has 3 saturated heterocycles. The van der Waals surface area contributed by atoms with Crippen LogP contribution in [0.4, 0.5) is 5.13 Å². The summed E-state index contributed by atoms with van der Waals surface area (Å²) in [5, 5.41) is 71.2. The number of hydrogen-bond donors (Lipinski definition) is 12. The van der Waals surface area contributed by atoms with Crippen LogP contribution in [0.2, 0.25) is 0 Å². The number of carboxylic acid groups (broad SMARTS) is 3. The van der Waals surface area contributed by atoms with Crippen molar-refractivity contribution in [3.63, 3.8) is 0 Å². The number of phenols is 1. The molecule has 0 spiro atoms. The van der Waals surface area contributed by atoms with Gasteiger partial charge in [0, 0.05) is 58.8 Å². The molecule has 495 valence electrons. The molecule has 4 aromatic rings. The molecule has 9 heterocycles. The minimum atomic E-state index is -1.21. The molecule has 3 aromatic heterocycles. The Kier molecular flexibility index (Phi) is 26.7. The summed E-state index contributed by atoms with van der Waals surface area (Å²) in [6.45, 7) is 2.28. The standard InChI is InChI=1S/C22H22N6O5S2.C18H19N3O5S.C15H17N5O6S2.CH3O.H3N.Na/c1-33-26-15(13-10-35-22(23)24-13)18(29)25-16-19(30)28-17(21(31)32)12(9-34-20(16)28)8-27-7-3-5-11-4-2-6-14(11)27;1-2-3-10-8-27-17-13(16(24)21(17)14(10)18(25)26)20-15(23)12(19)9-4-6-11(22)7-5-9;1-25-3-6-4-27-13-9(12(22)20(13)10(6)14(23)24)18-11(21)8(19-26-2)7-5-28-15(16)17-7;1-2;;/h3,5,7,10,16,20H,2,4,6,8-9H2,1H3,(H3-,23,24,25,29,31,32);2-7,12-13,17,22H,8,19H2,1H3,(H,20,23)(H,25,26);5,9,13H,3-4H2,1-2H3,(H2,16,17)(H,18,21)(H,23,24);1H3;1H3;/q;;;;;+1/p+1/b26-15-;3-2+;19-8-;;;/t16-,20-;12-,13-,17-;9-,13-;;;/m111.../s1. The van der Waals surface area contributed by atoms with Crippen molar-refractivity contribution in [1.29, 1.82) is 5.41 Å². The van der Waals surface area contributed by atoms with Crippen LogP contribution in [0, 0.1) is 5.41 Å². The molecule has 7 atom stereocenters. The van der Waals surface area contributed by atoms with Crippen LogP contribution in [0.3, 0.4) is 0 Å². The maximum absolute atomic E-state index is 13.0. The molecular weight excluding hydrogens is 1340 g/mol. The van der Waals surface area contributed by atoms with Crippen molar-refractivity contribution in [2.24, 2.45) is 16.0 Å². The molecule has 38 heteroatoms. The normalized spacial score (nSPS) is 21.1. The van der Waals surface area contributed by atoms with Gasteiger partial charge >= 0.3 is 47.5 Å². The number of thiazole rings is 2. The van der Waals surface area contributed by atoms with E-state index in [0.717, 1.165) is 49.0 Å². The zero-order valence-electron chi connectivity index (χ0n) is 51.2. The number of nitrogen functional groups attached to an aromatic ring is 1. The molecule has 1 radical (unpaired) electrons. The maximum atomic E-state index is 13.0. The molecule has 7 aliphatic rings. The number of aromatic hydroxyl groups is 1. The van der Waals surface area contributed by atoms with Crippen LogP contribution in [0.25, 0.3) is 0 Å². The molecular formula is C56H65N15NaO17S5+2. The van der Waals surface area contributed by atoms with E-state index < -0.39 is 93.6 Å². The molecule has 32 nitrogen and oxygen atoms in total. The van der Waals surface area contributed by atoms with Crippen molar-refractivity contribution in [3.8, 4) is 5.75 Å². The average molecular weight is 1400 g/mol. The van der Waals surface area contributed by atoms with Gasteiger partial charge in [0.15, 0.2) is 39.8 Å². The van der Waals surface area contributed by atoms with Crippen LogP contribution >= 0.6 is 58.0 Å². The van der Waals surface area contributed by atoms with Gasteiger partial charge in [-0.25, -0.2) is 24.5 Å². The number of rotatable bonds is 19. The number of carbonyl (C=O) groups excluding carboxylic acids is 6. The summed E-state index contributed by atoms with van der Waals surface area (Å²) in [7, 11) is 4.77. The van der Waals surface area contributed by atoms with Crippen molar-refractivity contribution in [2.45, 2.75) is 73.0 Å². The van der Waals surface area contributed by atoms with Crippen molar-refractivity contribution in [3.05, 3.63) is 132 Å². The van der Waals surface area contributed by atoms with Crippen molar-refractivity contribution < 1.29 is 117 Å². The third-order valence-electron chi connectivity index (χ3n) is 14.7. The smallest absolute Gasteiger partial charge is 0.508 e. The summed E-state index contributed by atoms with van der Waals surface area (Å²) in [5.74, 6) is -5.61. The van der Waals surface area contributed by atoms with Crippen LogP contribution in [0.5, 0.6) is 5.75 Å². The van der Waals surface area contributed by atoms with E-state index in [1.54, 1.807) is 29.8 Å². The summed E-state index contributed by atoms with van der Waals surface area (Å²) in [6, 6.07) is 6.34. The predicted molar refractivity (Wildman–Crippen MR) is 339 cm³/mol. The molecule has 0 bridgehead atoms. The number of nitrogens with one attached hydrogen (secondary N) is 5. The molecule has 11 rings (SSSR count). The van der Waals surface area contributed by atoms with E-state index in [-0.39, 0.29) is 92.2 Å². The maximum Gasteiger partial charge on any atom is 1.00 e. The number of aromatic nitrogens is 3. The molecule has 94 heavy (non-hydrogen) atoms. The summed E-state index contributed by atoms with van der Waals surface area (Å²) >= 11 is 6.37. The van der Waals surface area contributed by atoms with E-state index in [2.05, 4.69) is 46.9 Å². The number of ether oxygens (including phenoxy) is 1. The van der Waals surface area contributed by atoms with Crippen molar-refractivity contribution in [2.75, 3.05) is 58.0 Å². The Labute approximate surface area is 578 Å². The average Bonchev–Trinajstić information content (AvgIpc) is 0.861. The van der Waals surface area contributed by atoms with Crippen LogP contribution in [-0.4, -0.2) is 196 Å². The summed E-state index contributed by atoms with van der Waals surface area (Å²) in [4.78, 5) is 131. The zero-order chi connectivity index (χ0) is 66.8. The number of aromatic amines is 1. The number of aliphatic carboxylic acids is 3. The van der Waals surface area contributed by atoms with E-state index in [1.807, 2.05) is 12.3 Å². The monoisotopic (exact) mass is 1400 g/mol. The molecule has 0 unspecified atom stereocenters. The van der Waals surface area contributed by atoms with Gasteiger partial charge in [-0.15, -0.1) is 58.0 Å². The number of carbonyl (C=O) groups is 9. The number of nitrogens with two attached hydrogens (primary N) is 2. The molecule has 3 fully saturated rings. The molecule has 16 N–H and O–H groups in total. The summed E-state index contributed by atoms with van der Waals surface area (Å²) < 4.78 is 7.10. The minimum Gasteiger partial charge on any atom is -0.508 e. The number of methoxy groups -OCH3 is 1.